The quantitative estimate of drug-likeness (QED) is 0.596. The molecule has 2 aromatic carbocycles. The summed E-state index contributed by atoms with van der Waals surface area (Å²) in [7, 11) is 0. The van der Waals surface area contributed by atoms with Crippen molar-refractivity contribution in [3.05, 3.63) is 78.0 Å². The van der Waals surface area contributed by atoms with Crippen LogP contribution < -0.4 is 5.32 Å². The van der Waals surface area contributed by atoms with Gasteiger partial charge in [-0.2, -0.15) is 0 Å². The molecule has 0 bridgehead atoms. The molecule has 4 rings (SSSR count). The smallest absolute Gasteiger partial charge is 0.275 e. The first-order chi connectivity index (χ1) is 12.7. The average Bonchev–Trinajstić information content (AvgIpc) is 2.69. The van der Waals surface area contributed by atoms with Crippen LogP contribution in [0.2, 0.25) is 5.02 Å². The number of hydrogen-bond acceptors (Lipinski definition) is 5. The number of rotatable bonds is 3. The molecule has 2 aromatic heterocycles. The molecule has 0 fully saturated rings. The molecule has 0 aliphatic carbocycles. The van der Waals surface area contributed by atoms with Crippen molar-refractivity contribution < 1.29 is 4.79 Å². The van der Waals surface area contributed by atoms with E-state index in [1.807, 2.05) is 18.2 Å². The molecule has 0 atom stereocenters. The molecule has 1 amide bonds. The summed E-state index contributed by atoms with van der Waals surface area (Å²) in [5.41, 5.74) is 4.07. The van der Waals surface area contributed by atoms with Crippen molar-refractivity contribution in [2.45, 2.75) is 0 Å². The van der Waals surface area contributed by atoms with E-state index in [1.165, 1.54) is 18.6 Å². The average molecular weight is 362 g/mol. The Kier molecular flexibility index (Phi) is 4.25. The lowest BCUT2D eigenvalue weighted by atomic mass is 10.1. The Hall–Kier alpha value is -3.38. The molecule has 6 nitrogen and oxygen atoms in total. The molecular weight excluding hydrogens is 350 g/mol. The van der Waals surface area contributed by atoms with E-state index in [-0.39, 0.29) is 11.6 Å². The summed E-state index contributed by atoms with van der Waals surface area (Å²) in [4.78, 5) is 28.9. The van der Waals surface area contributed by atoms with Gasteiger partial charge in [0.2, 0.25) is 0 Å². The highest BCUT2D eigenvalue weighted by Gasteiger charge is 2.08. The fraction of sp³-hybridized carbons (Fsp3) is 0. The van der Waals surface area contributed by atoms with E-state index < -0.39 is 0 Å². The van der Waals surface area contributed by atoms with E-state index in [1.54, 1.807) is 30.5 Å². The SMILES string of the molecule is O=C(Nc1ccc(-c2cnc3cc(Cl)ccc3n2)cc1)c1cnccn1. The van der Waals surface area contributed by atoms with E-state index in [0.717, 1.165) is 22.3 Å². The number of anilines is 1. The highest BCUT2D eigenvalue weighted by molar-refractivity contribution is 6.31. The topological polar surface area (TPSA) is 80.7 Å². The maximum atomic E-state index is 12.1. The van der Waals surface area contributed by atoms with E-state index in [0.29, 0.717) is 10.7 Å². The minimum Gasteiger partial charge on any atom is -0.321 e. The molecule has 0 radical (unpaired) electrons. The fourth-order valence-electron chi connectivity index (χ4n) is 2.46. The van der Waals surface area contributed by atoms with Crippen LogP contribution in [0.3, 0.4) is 0 Å². The molecule has 26 heavy (non-hydrogen) atoms. The van der Waals surface area contributed by atoms with Gasteiger partial charge in [0.25, 0.3) is 5.91 Å². The highest BCUT2D eigenvalue weighted by Crippen LogP contribution is 2.22. The summed E-state index contributed by atoms with van der Waals surface area (Å²) in [6, 6.07) is 12.8. The number of amides is 1. The minimum atomic E-state index is -0.312. The number of carbonyl (C=O) groups excluding carboxylic acids is 1. The second-order valence-electron chi connectivity index (χ2n) is 5.51. The number of nitrogens with one attached hydrogen (secondary N) is 1. The van der Waals surface area contributed by atoms with Gasteiger partial charge in [0.05, 0.1) is 29.1 Å². The Labute approximate surface area is 153 Å². The van der Waals surface area contributed by atoms with E-state index >= 15 is 0 Å². The van der Waals surface area contributed by atoms with Crippen molar-refractivity contribution in [1.82, 2.24) is 19.9 Å². The largest absolute Gasteiger partial charge is 0.321 e. The third kappa shape index (κ3) is 3.36. The first-order valence-electron chi connectivity index (χ1n) is 7.79. The van der Waals surface area contributed by atoms with Crippen LogP contribution in [0.1, 0.15) is 10.5 Å². The molecular formula is C19H12ClN5O. The molecule has 0 aliphatic rings. The number of benzene rings is 2. The van der Waals surface area contributed by atoms with Crippen LogP contribution in [0.25, 0.3) is 22.3 Å². The lowest BCUT2D eigenvalue weighted by molar-refractivity contribution is 0.102. The van der Waals surface area contributed by atoms with E-state index in [2.05, 4.69) is 25.3 Å². The van der Waals surface area contributed by atoms with Crippen molar-refractivity contribution >= 4 is 34.2 Å². The number of halogens is 1. The van der Waals surface area contributed by atoms with E-state index in [9.17, 15) is 4.79 Å². The maximum Gasteiger partial charge on any atom is 0.275 e. The second kappa shape index (κ2) is 6.85. The predicted octanol–water partition coefficient (Wildman–Crippen LogP) is 3.99. The summed E-state index contributed by atoms with van der Waals surface area (Å²) >= 11 is 5.97. The Morgan fingerprint density at radius 3 is 2.54 bits per heavy atom. The molecule has 0 unspecified atom stereocenters. The van der Waals surface area contributed by atoms with Gasteiger partial charge >= 0.3 is 0 Å². The first kappa shape index (κ1) is 16.1. The van der Waals surface area contributed by atoms with Crippen molar-refractivity contribution in [2.75, 3.05) is 5.32 Å². The fourth-order valence-corrected chi connectivity index (χ4v) is 2.63. The third-order valence-electron chi connectivity index (χ3n) is 3.74. The second-order valence-corrected chi connectivity index (χ2v) is 5.95. The van der Waals surface area contributed by atoms with Crippen molar-refractivity contribution in [3.8, 4) is 11.3 Å². The standard InChI is InChI=1S/C19H12ClN5O/c20-13-3-6-15-16(9-13)23-11-17(25-15)12-1-4-14(5-2-12)24-19(26)18-10-21-7-8-22-18/h1-11H,(H,24,26). The van der Waals surface area contributed by atoms with Crippen molar-refractivity contribution in [2.24, 2.45) is 0 Å². The lowest BCUT2D eigenvalue weighted by Crippen LogP contribution is -2.13. The number of fused-ring (bicyclic) bond motifs is 1. The monoisotopic (exact) mass is 361 g/mol. The Morgan fingerprint density at radius 2 is 1.77 bits per heavy atom. The minimum absolute atomic E-state index is 0.260. The Morgan fingerprint density at radius 1 is 0.923 bits per heavy atom. The zero-order valence-electron chi connectivity index (χ0n) is 13.4. The van der Waals surface area contributed by atoms with Crippen LogP contribution in [0.5, 0.6) is 0 Å². The van der Waals surface area contributed by atoms with Crippen molar-refractivity contribution in [1.29, 1.82) is 0 Å². The van der Waals surface area contributed by atoms with Crippen LogP contribution in [0, 0.1) is 0 Å². The van der Waals surface area contributed by atoms with Gasteiger partial charge in [-0.1, -0.05) is 23.7 Å². The summed E-state index contributed by atoms with van der Waals surface area (Å²) in [5.74, 6) is -0.312. The van der Waals surface area contributed by atoms with Crippen LogP contribution in [-0.2, 0) is 0 Å². The summed E-state index contributed by atoms with van der Waals surface area (Å²) in [5, 5.41) is 3.41. The maximum absolute atomic E-state index is 12.1. The Balaban J connectivity index is 1.56. The summed E-state index contributed by atoms with van der Waals surface area (Å²) < 4.78 is 0. The molecule has 2 heterocycles. The van der Waals surface area contributed by atoms with Gasteiger partial charge in [0, 0.05) is 28.7 Å². The molecule has 0 saturated heterocycles. The van der Waals surface area contributed by atoms with Gasteiger partial charge in [-0.3, -0.25) is 14.8 Å². The van der Waals surface area contributed by atoms with Gasteiger partial charge < -0.3 is 5.32 Å². The zero-order chi connectivity index (χ0) is 17.9. The van der Waals surface area contributed by atoms with Crippen LogP contribution in [-0.4, -0.2) is 25.8 Å². The van der Waals surface area contributed by atoms with Crippen LogP contribution in [0.15, 0.2) is 67.3 Å². The molecule has 4 aromatic rings. The lowest BCUT2D eigenvalue weighted by Gasteiger charge is -2.06. The zero-order valence-corrected chi connectivity index (χ0v) is 14.2. The Bertz CT molecular complexity index is 1080. The van der Waals surface area contributed by atoms with E-state index in [4.69, 9.17) is 11.6 Å². The highest BCUT2D eigenvalue weighted by atomic mass is 35.5. The molecule has 1 N–H and O–H groups in total. The third-order valence-corrected chi connectivity index (χ3v) is 3.97. The number of aromatic nitrogens is 4. The van der Waals surface area contributed by atoms with Crippen LogP contribution >= 0.6 is 11.6 Å². The molecule has 7 heteroatoms. The molecule has 0 spiro atoms. The van der Waals surface area contributed by atoms with Gasteiger partial charge in [-0.05, 0) is 30.3 Å². The number of hydrogen-bond donors (Lipinski definition) is 1. The first-order valence-corrected chi connectivity index (χ1v) is 8.17. The summed E-state index contributed by atoms with van der Waals surface area (Å²) in [6.45, 7) is 0. The van der Waals surface area contributed by atoms with Gasteiger partial charge in [-0.15, -0.1) is 0 Å². The van der Waals surface area contributed by atoms with Crippen molar-refractivity contribution in [3.63, 3.8) is 0 Å². The van der Waals surface area contributed by atoms with Crippen LogP contribution in [0.4, 0.5) is 5.69 Å². The molecule has 126 valence electrons. The molecule has 0 aliphatic heterocycles. The number of carbonyl (C=O) groups is 1. The summed E-state index contributed by atoms with van der Waals surface area (Å²) in [6.07, 6.45) is 6.11. The predicted molar refractivity (Wildman–Crippen MR) is 100.0 cm³/mol. The van der Waals surface area contributed by atoms with Gasteiger partial charge in [0.15, 0.2) is 0 Å². The molecule has 0 saturated carbocycles. The number of nitrogens with zero attached hydrogens (tertiary/aromatic N) is 4. The van der Waals surface area contributed by atoms with Gasteiger partial charge in [0.1, 0.15) is 5.69 Å². The normalized spacial score (nSPS) is 10.7. The van der Waals surface area contributed by atoms with Gasteiger partial charge in [-0.25, -0.2) is 9.97 Å².